The van der Waals surface area contributed by atoms with Crippen LogP contribution in [0.5, 0.6) is 11.5 Å². The van der Waals surface area contributed by atoms with E-state index in [2.05, 4.69) is 9.88 Å². The summed E-state index contributed by atoms with van der Waals surface area (Å²) in [4.78, 5) is 24.8. The second-order valence-corrected chi connectivity index (χ2v) is 6.50. The number of carbonyl (C=O) groups excluding carboxylic acids is 1. The van der Waals surface area contributed by atoms with E-state index in [1.54, 1.807) is 19.1 Å². The number of hydrogen-bond donors (Lipinski definition) is 1. The van der Waals surface area contributed by atoms with E-state index in [0.717, 1.165) is 13.0 Å². The smallest absolute Gasteiger partial charge is 0.340 e. The van der Waals surface area contributed by atoms with Crippen LogP contribution in [0.2, 0.25) is 0 Å². The molecular formula is C21H24N2O5. The highest BCUT2D eigenvalue weighted by Crippen LogP contribution is 2.33. The lowest BCUT2D eigenvalue weighted by molar-refractivity contribution is -0.120. The number of carbonyl (C=O) groups is 1. The van der Waals surface area contributed by atoms with Crippen LogP contribution >= 0.6 is 0 Å². The molecule has 0 fully saturated rings. The summed E-state index contributed by atoms with van der Waals surface area (Å²) in [5, 5.41) is 3.52. The average Bonchev–Trinajstić information content (AvgIpc) is 3.20. The van der Waals surface area contributed by atoms with Gasteiger partial charge in [-0.25, -0.2) is 4.79 Å². The molecule has 28 heavy (non-hydrogen) atoms. The number of methoxy groups -OCH3 is 2. The molecule has 0 saturated heterocycles. The molecule has 0 radical (unpaired) electrons. The number of amides is 1. The van der Waals surface area contributed by atoms with Crippen LogP contribution < -0.4 is 20.4 Å². The number of fused-ring (bicyclic) bond motifs is 1. The normalized spacial score (nSPS) is 10.8. The number of aryl methyl sites for hydroxylation is 2. The van der Waals surface area contributed by atoms with E-state index in [0.29, 0.717) is 40.1 Å². The minimum absolute atomic E-state index is 0.0389. The van der Waals surface area contributed by atoms with Gasteiger partial charge < -0.3 is 23.8 Å². The van der Waals surface area contributed by atoms with Gasteiger partial charge in [-0.3, -0.25) is 4.79 Å². The van der Waals surface area contributed by atoms with Crippen molar-refractivity contribution in [2.45, 2.75) is 26.3 Å². The minimum atomic E-state index is -0.525. The first kappa shape index (κ1) is 19.5. The third-order valence-electron chi connectivity index (χ3n) is 4.69. The zero-order valence-corrected chi connectivity index (χ0v) is 16.3. The summed E-state index contributed by atoms with van der Waals surface area (Å²) >= 11 is 0. The summed E-state index contributed by atoms with van der Waals surface area (Å²) in [6, 6.07) is 7.28. The maximum absolute atomic E-state index is 12.4. The molecule has 148 valence electrons. The van der Waals surface area contributed by atoms with Gasteiger partial charge in [-0.15, -0.1) is 0 Å². The number of ether oxygens (including phenoxy) is 2. The Kier molecular flexibility index (Phi) is 6.03. The fraction of sp³-hybridized carbons (Fsp3) is 0.333. The van der Waals surface area contributed by atoms with Gasteiger partial charge in [0.1, 0.15) is 17.1 Å². The van der Waals surface area contributed by atoms with Gasteiger partial charge in [0.2, 0.25) is 5.91 Å². The average molecular weight is 384 g/mol. The first-order chi connectivity index (χ1) is 13.5. The van der Waals surface area contributed by atoms with E-state index in [1.165, 1.54) is 14.2 Å². The van der Waals surface area contributed by atoms with Gasteiger partial charge in [0, 0.05) is 37.6 Å². The first-order valence-corrected chi connectivity index (χ1v) is 9.09. The maximum Gasteiger partial charge on any atom is 0.340 e. The Morgan fingerprint density at radius 2 is 1.93 bits per heavy atom. The minimum Gasteiger partial charge on any atom is -0.496 e. The highest BCUT2D eigenvalue weighted by atomic mass is 16.5. The molecule has 0 unspecified atom stereocenters. The molecule has 1 aromatic carbocycles. The lowest BCUT2D eigenvalue weighted by Gasteiger charge is -2.13. The lowest BCUT2D eigenvalue weighted by Crippen LogP contribution is -2.29. The van der Waals surface area contributed by atoms with Gasteiger partial charge in [0.05, 0.1) is 31.6 Å². The van der Waals surface area contributed by atoms with E-state index in [-0.39, 0.29) is 12.3 Å². The van der Waals surface area contributed by atoms with Gasteiger partial charge in [0.25, 0.3) is 0 Å². The second kappa shape index (κ2) is 8.65. The van der Waals surface area contributed by atoms with Crippen LogP contribution in [-0.2, 0) is 17.8 Å². The number of rotatable bonds is 8. The topological polar surface area (TPSA) is 82.7 Å². The fourth-order valence-corrected chi connectivity index (χ4v) is 3.20. The molecule has 0 atom stereocenters. The predicted molar refractivity (Wildman–Crippen MR) is 106 cm³/mol. The monoisotopic (exact) mass is 384 g/mol. The zero-order valence-electron chi connectivity index (χ0n) is 16.3. The van der Waals surface area contributed by atoms with Crippen molar-refractivity contribution in [2.24, 2.45) is 0 Å². The van der Waals surface area contributed by atoms with Gasteiger partial charge >= 0.3 is 5.63 Å². The van der Waals surface area contributed by atoms with E-state index < -0.39 is 5.63 Å². The Morgan fingerprint density at radius 3 is 2.61 bits per heavy atom. The number of nitrogens with zero attached hydrogens (tertiary/aromatic N) is 1. The Morgan fingerprint density at radius 1 is 1.18 bits per heavy atom. The van der Waals surface area contributed by atoms with Gasteiger partial charge in [-0.1, -0.05) is 0 Å². The fourth-order valence-electron chi connectivity index (χ4n) is 3.20. The molecule has 0 saturated carbocycles. The van der Waals surface area contributed by atoms with Crippen molar-refractivity contribution >= 4 is 16.9 Å². The van der Waals surface area contributed by atoms with Crippen LogP contribution in [0.3, 0.4) is 0 Å². The summed E-state index contributed by atoms with van der Waals surface area (Å²) in [6.45, 7) is 3.15. The van der Waals surface area contributed by atoms with Crippen LogP contribution in [-0.4, -0.2) is 31.2 Å². The highest BCUT2D eigenvalue weighted by Gasteiger charge is 2.18. The van der Waals surface area contributed by atoms with Crippen molar-refractivity contribution < 1.29 is 18.7 Å². The largest absolute Gasteiger partial charge is 0.496 e. The molecule has 0 bridgehead atoms. The Balaban J connectivity index is 1.75. The van der Waals surface area contributed by atoms with Crippen molar-refractivity contribution in [3.63, 3.8) is 0 Å². The standard InChI is InChI=1S/C21H24N2O5/c1-14-16(13-19(24)22-7-6-10-23-8-4-5-9-23)21(25)28-18-12-15(26-2)11-17(27-3)20(14)18/h4-5,8-9,11-12H,6-7,10,13H2,1-3H3,(H,22,24). The molecular weight excluding hydrogens is 360 g/mol. The molecule has 0 aliphatic heterocycles. The number of aromatic nitrogens is 1. The number of benzene rings is 1. The summed E-state index contributed by atoms with van der Waals surface area (Å²) < 4.78 is 18.1. The highest BCUT2D eigenvalue weighted by molar-refractivity contribution is 5.90. The van der Waals surface area contributed by atoms with E-state index in [1.807, 2.05) is 24.5 Å². The van der Waals surface area contributed by atoms with E-state index in [9.17, 15) is 9.59 Å². The molecule has 7 nitrogen and oxygen atoms in total. The molecule has 2 heterocycles. The summed E-state index contributed by atoms with van der Waals surface area (Å²) in [6.07, 6.45) is 4.73. The molecule has 3 aromatic rings. The van der Waals surface area contributed by atoms with Crippen molar-refractivity contribution in [3.05, 3.63) is 58.2 Å². The van der Waals surface area contributed by atoms with Crippen LogP contribution in [0.15, 0.2) is 45.9 Å². The molecule has 0 aliphatic carbocycles. The molecule has 7 heteroatoms. The van der Waals surface area contributed by atoms with E-state index in [4.69, 9.17) is 13.9 Å². The Hall–Kier alpha value is -3.22. The van der Waals surface area contributed by atoms with Gasteiger partial charge in [-0.2, -0.15) is 0 Å². The molecule has 0 spiro atoms. The summed E-state index contributed by atoms with van der Waals surface area (Å²) in [7, 11) is 3.07. The van der Waals surface area contributed by atoms with Crippen LogP contribution in [0.1, 0.15) is 17.5 Å². The van der Waals surface area contributed by atoms with Crippen LogP contribution in [0.25, 0.3) is 11.0 Å². The first-order valence-electron chi connectivity index (χ1n) is 9.09. The SMILES string of the molecule is COc1cc(OC)c2c(C)c(CC(=O)NCCCn3cccc3)c(=O)oc2c1. The third-order valence-corrected chi connectivity index (χ3v) is 4.69. The van der Waals surface area contributed by atoms with Crippen molar-refractivity contribution in [1.29, 1.82) is 0 Å². The predicted octanol–water partition coefficient (Wildman–Crippen LogP) is 2.67. The molecule has 0 aliphatic rings. The van der Waals surface area contributed by atoms with Crippen LogP contribution in [0, 0.1) is 6.92 Å². The molecule has 2 aromatic heterocycles. The Bertz CT molecular complexity index is 1020. The van der Waals surface area contributed by atoms with Crippen molar-refractivity contribution in [1.82, 2.24) is 9.88 Å². The van der Waals surface area contributed by atoms with Crippen LogP contribution in [0.4, 0.5) is 0 Å². The van der Waals surface area contributed by atoms with E-state index >= 15 is 0 Å². The molecule has 3 rings (SSSR count). The number of hydrogen-bond acceptors (Lipinski definition) is 5. The van der Waals surface area contributed by atoms with Crippen molar-refractivity contribution in [2.75, 3.05) is 20.8 Å². The maximum atomic E-state index is 12.4. The number of nitrogens with one attached hydrogen (secondary N) is 1. The summed E-state index contributed by atoms with van der Waals surface area (Å²) in [5.74, 6) is 0.846. The third kappa shape index (κ3) is 4.19. The van der Waals surface area contributed by atoms with Crippen molar-refractivity contribution in [3.8, 4) is 11.5 Å². The van der Waals surface area contributed by atoms with Gasteiger partial charge in [-0.05, 0) is 31.0 Å². The lowest BCUT2D eigenvalue weighted by atomic mass is 10.0. The van der Waals surface area contributed by atoms with Gasteiger partial charge in [0.15, 0.2) is 0 Å². The molecule has 1 amide bonds. The quantitative estimate of drug-likeness (QED) is 0.477. The summed E-state index contributed by atoms with van der Waals surface area (Å²) in [5.41, 5.74) is 0.851. The zero-order chi connectivity index (χ0) is 20.1. The Labute approximate surface area is 162 Å². The second-order valence-electron chi connectivity index (χ2n) is 6.50. The molecule has 1 N–H and O–H groups in total.